The molecule has 0 spiro atoms. The smallest absolute Gasteiger partial charge is 0.358 e. The van der Waals surface area contributed by atoms with Gasteiger partial charge in [-0.15, -0.1) is 0 Å². The monoisotopic (exact) mass is 368 g/mol. The van der Waals surface area contributed by atoms with E-state index in [9.17, 15) is 14.0 Å². The third kappa shape index (κ3) is 3.72. The number of nitrogens with zero attached hydrogens (tertiary/aromatic N) is 2. The molecule has 0 aliphatic carbocycles. The van der Waals surface area contributed by atoms with Crippen molar-refractivity contribution in [2.45, 2.75) is 13.0 Å². The third-order valence-corrected chi connectivity index (χ3v) is 4.28. The van der Waals surface area contributed by atoms with E-state index in [2.05, 4.69) is 5.10 Å². The van der Waals surface area contributed by atoms with Crippen LogP contribution >= 0.6 is 0 Å². The minimum atomic E-state index is -1.01. The molecule has 1 N–H and O–H groups in total. The van der Waals surface area contributed by atoms with Crippen LogP contribution in [0.3, 0.4) is 0 Å². The first-order chi connectivity index (χ1) is 12.9. The zero-order valence-electron chi connectivity index (χ0n) is 14.7. The number of benzene rings is 2. The standard InChI is InChI=1S/C20H17FN2O4/c1-12(13-3-5-15(6-4-13)19(24)25)23-18(11-17(22-23)20(26)27-2)14-7-9-16(21)10-8-14/h3-12H,1-2H3,(H,24,25). The lowest BCUT2D eigenvalue weighted by atomic mass is 10.1. The van der Waals surface area contributed by atoms with Crippen LogP contribution < -0.4 is 0 Å². The van der Waals surface area contributed by atoms with Crippen molar-refractivity contribution in [3.63, 3.8) is 0 Å². The van der Waals surface area contributed by atoms with Gasteiger partial charge in [0.25, 0.3) is 0 Å². The topological polar surface area (TPSA) is 81.4 Å². The van der Waals surface area contributed by atoms with Crippen molar-refractivity contribution in [1.82, 2.24) is 9.78 Å². The molecule has 1 unspecified atom stereocenters. The number of carboxylic acid groups (broad SMARTS) is 1. The van der Waals surface area contributed by atoms with Gasteiger partial charge >= 0.3 is 11.9 Å². The van der Waals surface area contributed by atoms with Crippen LogP contribution in [0.5, 0.6) is 0 Å². The summed E-state index contributed by atoms with van der Waals surface area (Å²) in [5, 5.41) is 13.4. The number of halogens is 1. The molecule has 7 heteroatoms. The largest absolute Gasteiger partial charge is 0.478 e. The summed E-state index contributed by atoms with van der Waals surface area (Å²) in [4.78, 5) is 23.0. The van der Waals surface area contributed by atoms with Gasteiger partial charge in [-0.2, -0.15) is 5.10 Å². The summed E-state index contributed by atoms with van der Waals surface area (Å²) in [6.07, 6.45) is 0. The fourth-order valence-corrected chi connectivity index (χ4v) is 2.78. The Morgan fingerprint density at radius 2 is 1.74 bits per heavy atom. The molecular formula is C20H17FN2O4. The summed E-state index contributed by atoms with van der Waals surface area (Å²) in [5.41, 5.74) is 2.42. The van der Waals surface area contributed by atoms with E-state index in [1.165, 1.54) is 31.4 Å². The molecule has 3 aromatic rings. The summed E-state index contributed by atoms with van der Waals surface area (Å²) in [7, 11) is 1.27. The first-order valence-corrected chi connectivity index (χ1v) is 8.17. The fourth-order valence-electron chi connectivity index (χ4n) is 2.78. The molecule has 0 saturated carbocycles. The van der Waals surface area contributed by atoms with Crippen LogP contribution in [-0.2, 0) is 4.74 Å². The summed E-state index contributed by atoms with van der Waals surface area (Å²) >= 11 is 0. The second kappa shape index (κ2) is 7.41. The summed E-state index contributed by atoms with van der Waals surface area (Å²) in [6, 6.07) is 13.6. The molecule has 0 saturated heterocycles. The van der Waals surface area contributed by atoms with E-state index in [0.717, 1.165) is 5.56 Å². The Labute approximate surface area is 154 Å². The van der Waals surface area contributed by atoms with E-state index in [4.69, 9.17) is 9.84 Å². The highest BCUT2D eigenvalue weighted by Gasteiger charge is 2.20. The maximum atomic E-state index is 13.3. The molecule has 0 aliphatic rings. The Morgan fingerprint density at radius 3 is 2.30 bits per heavy atom. The molecule has 0 radical (unpaired) electrons. The van der Waals surface area contributed by atoms with Gasteiger partial charge in [0.1, 0.15) is 5.82 Å². The molecule has 1 heterocycles. The predicted molar refractivity (Wildman–Crippen MR) is 96.2 cm³/mol. The van der Waals surface area contributed by atoms with Crippen LogP contribution in [-0.4, -0.2) is 33.9 Å². The molecule has 3 rings (SSSR count). The molecule has 0 aliphatic heterocycles. The Kier molecular flexibility index (Phi) is 5.03. The van der Waals surface area contributed by atoms with Gasteiger partial charge in [0.15, 0.2) is 5.69 Å². The van der Waals surface area contributed by atoms with E-state index in [0.29, 0.717) is 11.3 Å². The number of hydrogen-bond acceptors (Lipinski definition) is 4. The second-order valence-electron chi connectivity index (χ2n) is 5.96. The SMILES string of the molecule is COC(=O)c1cc(-c2ccc(F)cc2)n(C(C)c2ccc(C(=O)O)cc2)n1. The zero-order chi connectivity index (χ0) is 19.6. The zero-order valence-corrected chi connectivity index (χ0v) is 14.7. The quantitative estimate of drug-likeness (QED) is 0.693. The molecule has 0 bridgehead atoms. The molecule has 1 aromatic heterocycles. The number of ether oxygens (including phenoxy) is 1. The highest BCUT2D eigenvalue weighted by molar-refractivity contribution is 5.89. The average molecular weight is 368 g/mol. The first-order valence-electron chi connectivity index (χ1n) is 8.17. The highest BCUT2D eigenvalue weighted by atomic mass is 19.1. The predicted octanol–water partition coefficient (Wildman–Crippen LogP) is 3.78. The molecule has 138 valence electrons. The number of aromatic carboxylic acids is 1. The number of carbonyl (C=O) groups excluding carboxylic acids is 1. The Morgan fingerprint density at radius 1 is 1.11 bits per heavy atom. The number of carbonyl (C=O) groups is 2. The number of rotatable bonds is 5. The first kappa shape index (κ1) is 18.3. The van der Waals surface area contributed by atoms with Gasteiger partial charge in [-0.05, 0) is 55.0 Å². The van der Waals surface area contributed by atoms with Gasteiger partial charge in [-0.25, -0.2) is 14.0 Å². The van der Waals surface area contributed by atoms with E-state index < -0.39 is 11.9 Å². The molecule has 0 fully saturated rings. The van der Waals surface area contributed by atoms with Gasteiger partial charge in [-0.1, -0.05) is 12.1 Å². The molecular weight excluding hydrogens is 351 g/mol. The summed E-state index contributed by atoms with van der Waals surface area (Å²) < 4.78 is 19.7. The number of carboxylic acids is 1. The minimum Gasteiger partial charge on any atom is -0.478 e. The average Bonchev–Trinajstić information content (AvgIpc) is 3.12. The van der Waals surface area contributed by atoms with Crippen molar-refractivity contribution < 1.29 is 23.8 Å². The van der Waals surface area contributed by atoms with Crippen molar-refractivity contribution in [2.24, 2.45) is 0 Å². The van der Waals surface area contributed by atoms with Crippen molar-refractivity contribution in [3.8, 4) is 11.3 Å². The van der Waals surface area contributed by atoms with Crippen molar-refractivity contribution in [3.05, 3.63) is 77.2 Å². The van der Waals surface area contributed by atoms with E-state index in [1.807, 2.05) is 6.92 Å². The van der Waals surface area contributed by atoms with Gasteiger partial charge in [0, 0.05) is 5.56 Å². The lowest BCUT2D eigenvalue weighted by Gasteiger charge is -2.16. The Hall–Kier alpha value is -3.48. The number of methoxy groups -OCH3 is 1. The molecule has 6 nitrogen and oxygen atoms in total. The van der Waals surface area contributed by atoms with Crippen LogP contribution in [0.25, 0.3) is 11.3 Å². The maximum Gasteiger partial charge on any atom is 0.358 e. The van der Waals surface area contributed by atoms with Crippen LogP contribution in [0.15, 0.2) is 54.6 Å². The lowest BCUT2D eigenvalue weighted by molar-refractivity contribution is 0.0592. The van der Waals surface area contributed by atoms with Crippen molar-refractivity contribution >= 4 is 11.9 Å². The van der Waals surface area contributed by atoms with Crippen LogP contribution in [0, 0.1) is 5.82 Å². The minimum absolute atomic E-state index is 0.130. The van der Waals surface area contributed by atoms with E-state index in [-0.39, 0.29) is 23.1 Å². The van der Waals surface area contributed by atoms with E-state index in [1.54, 1.807) is 35.0 Å². The molecule has 0 amide bonds. The van der Waals surface area contributed by atoms with Crippen LogP contribution in [0.1, 0.15) is 39.4 Å². The fraction of sp³-hybridized carbons (Fsp3) is 0.150. The maximum absolute atomic E-state index is 13.3. The Balaban J connectivity index is 2.06. The Bertz CT molecular complexity index is 978. The highest BCUT2D eigenvalue weighted by Crippen LogP contribution is 2.28. The van der Waals surface area contributed by atoms with Gasteiger partial charge in [0.05, 0.1) is 24.4 Å². The van der Waals surface area contributed by atoms with Crippen molar-refractivity contribution in [1.29, 1.82) is 0 Å². The number of aromatic nitrogens is 2. The number of hydrogen-bond donors (Lipinski definition) is 1. The van der Waals surface area contributed by atoms with Gasteiger partial charge in [0.2, 0.25) is 0 Å². The second-order valence-corrected chi connectivity index (χ2v) is 5.96. The molecule has 2 aromatic carbocycles. The summed E-state index contributed by atoms with van der Waals surface area (Å²) in [6.45, 7) is 1.87. The van der Waals surface area contributed by atoms with Gasteiger partial charge in [-0.3, -0.25) is 4.68 Å². The van der Waals surface area contributed by atoms with Crippen LogP contribution in [0.4, 0.5) is 4.39 Å². The lowest BCUT2D eigenvalue weighted by Crippen LogP contribution is -2.12. The van der Waals surface area contributed by atoms with Gasteiger partial charge < -0.3 is 9.84 Å². The third-order valence-electron chi connectivity index (χ3n) is 4.28. The van der Waals surface area contributed by atoms with E-state index >= 15 is 0 Å². The summed E-state index contributed by atoms with van der Waals surface area (Å²) in [5.74, 6) is -1.95. The number of esters is 1. The van der Waals surface area contributed by atoms with Crippen LogP contribution in [0.2, 0.25) is 0 Å². The molecule has 27 heavy (non-hydrogen) atoms. The van der Waals surface area contributed by atoms with Crippen molar-refractivity contribution in [2.75, 3.05) is 7.11 Å². The molecule has 1 atom stereocenters. The normalized spacial score (nSPS) is 11.8.